The molecule has 0 radical (unpaired) electrons. The monoisotopic (exact) mass is 464 g/mol. The Bertz CT molecular complexity index is 1190. The van der Waals surface area contributed by atoms with Crippen molar-refractivity contribution in [2.24, 2.45) is 0 Å². The first-order chi connectivity index (χ1) is 15.9. The van der Waals surface area contributed by atoms with Crippen molar-refractivity contribution >= 4 is 22.9 Å². The number of nitrogens with zero attached hydrogens (tertiary/aromatic N) is 3. The Morgan fingerprint density at radius 2 is 1.82 bits per heavy atom. The van der Waals surface area contributed by atoms with Gasteiger partial charge in [0.1, 0.15) is 5.82 Å². The van der Waals surface area contributed by atoms with E-state index in [1.54, 1.807) is 12.1 Å². The standard InChI is InChI=1S/C26H29FN4OS/c1-5-6-7-14-31-18(4)22(23(28-26(31)33)20-9-8-16(2)17(3)15-20)25-29-24(30-32-25)19-10-12-21(27)13-11-19/h8-13,15,23H,5-7,14H2,1-4H3,(H,28,33). The molecule has 4 rings (SSSR count). The van der Waals surface area contributed by atoms with Crippen molar-refractivity contribution in [3.05, 3.63) is 76.6 Å². The second kappa shape index (κ2) is 9.83. The average Bonchev–Trinajstić information content (AvgIpc) is 3.27. The predicted octanol–water partition coefficient (Wildman–Crippen LogP) is 6.35. The summed E-state index contributed by atoms with van der Waals surface area (Å²) >= 11 is 5.76. The lowest BCUT2D eigenvalue weighted by atomic mass is 9.92. The smallest absolute Gasteiger partial charge is 0.258 e. The topological polar surface area (TPSA) is 54.2 Å². The molecule has 0 bridgehead atoms. The SMILES string of the molecule is CCCCCN1C(=S)NC(c2ccc(C)c(C)c2)C(c2nc(-c3ccc(F)cc3)no2)=C1C. The van der Waals surface area contributed by atoms with Crippen LogP contribution in [-0.2, 0) is 0 Å². The summed E-state index contributed by atoms with van der Waals surface area (Å²) < 4.78 is 19.1. The number of thiocarbonyl (C=S) groups is 1. The van der Waals surface area contributed by atoms with E-state index >= 15 is 0 Å². The molecule has 1 atom stereocenters. The molecule has 0 saturated heterocycles. The highest BCUT2D eigenvalue weighted by Crippen LogP contribution is 2.38. The van der Waals surface area contributed by atoms with Gasteiger partial charge in [0.25, 0.3) is 5.89 Å². The maximum Gasteiger partial charge on any atom is 0.258 e. The van der Waals surface area contributed by atoms with Crippen LogP contribution in [-0.4, -0.2) is 26.7 Å². The van der Waals surface area contributed by atoms with Crippen molar-refractivity contribution in [1.29, 1.82) is 0 Å². The molecule has 0 saturated carbocycles. The van der Waals surface area contributed by atoms with Gasteiger partial charge in [0.15, 0.2) is 5.11 Å². The van der Waals surface area contributed by atoms with Crippen LogP contribution >= 0.6 is 12.2 Å². The van der Waals surface area contributed by atoms with Gasteiger partial charge >= 0.3 is 0 Å². The normalized spacial score (nSPS) is 16.3. The fourth-order valence-corrected chi connectivity index (χ4v) is 4.44. The predicted molar refractivity (Wildman–Crippen MR) is 133 cm³/mol. The van der Waals surface area contributed by atoms with E-state index in [-0.39, 0.29) is 11.9 Å². The number of benzene rings is 2. The lowest BCUT2D eigenvalue weighted by Gasteiger charge is -2.37. The van der Waals surface area contributed by atoms with Crippen molar-refractivity contribution in [2.75, 3.05) is 6.54 Å². The fourth-order valence-electron chi connectivity index (χ4n) is 4.09. The molecule has 1 N–H and O–H groups in total. The first kappa shape index (κ1) is 23.1. The lowest BCUT2D eigenvalue weighted by Crippen LogP contribution is -2.46. The van der Waals surface area contributed by atoms with Crippen LogP contribution in [0.2, 0.25) is 0 Å². The minimum Gasteiger partial charge on any atom is -0.351 e. The second-order valence-corrected chi connectivity index (χ2v) is 8.90. The zero-order chi connectivity index (χ0) is 23.5. The molecule has 1 aliphatic rings. The Morgan fingerprint density at radius 3 is 2.52 bits per heavy atom. The number of aryl methyl sites for hydroxylation is 2. The third-order valence-electron chi connectivity index (χ3n) is 6.20. The minimum absolute atomic E-state index is 0.208. The van der Waals surface area contributed by atoms with Crippen LogP contribution in [0.5, 0.6) is 0 Å². The summed E-state index contributed by atoms with van der Waals surface area (Å²) in [5, 5.41) is 8.40. The van der Waals surface area contributed by atoms with Gasteiger partial charge in [-0.3, -0.25) is 0 Å². The van der Waals surface area contributed by atoms with Crippen LogP contribution in [0.4, 0.5) is 4.39 Å². The summed E-state index contributed by atoms with van der Waals surface area (Å²) in [5.41, 5.74) is 6.14. The van der Waals surface area contributed by atoms with E-state index in [9.17, 15) is 4.39 Å². The number of halogens is 1. The second-order valence-electron chi connectivity index (χ2n) is 8.51. The molecule has 7 heteroatoms. The van der Waals surface area contributed by atoms with Gasteiger partial charge in [-0.2, -0.15) is 4.98 Å². The van der Waals surface area contributed by atoms with Crippen LogP contribution in [0.25, 0.3) is 17.0 Å². The molecule has 1 aromatic heterocycles. The summed E-state index contributed by atoms with van der Waals surface area (Å²) in [4.78, 5) is 6.81. The number of rotatable bonds is 7. The van der Waals surface area contributed by atoms with Crippen LogP contribution in [0.1, 0.15) is 61.7 Å². The molecule has 1 unspecified atom stereocenters. The van der Waals surface area contributed by atoms with E-state index in [1.165, 1.54) is 23.3 Å². The summed E-state index contributed by atoms with van der Waals surface area (Å²) in [5.74, 6) is 0.559. The number of nitrogens with one attached hydrogen (secondary N) is 1. The van der Waals surface area contributed by atoms with Crippen molar-refractivity contribution in [3.8, 4) is 11.4 Å². The van der Waals surface area contributed by atoms with Crippen LogP contribution in [0.15, 0.2) is 52.7 Å². The third kappa shape index (κ3) is 4.83. The maximum absolute atomic E-state index is 13.4. The summed E-state index contributed by atoms with van der Waals surface area (Å²) in [6, 6.07) is 12.3. The van der Waals surface area contributed by atoms with Gasteiger partial charge in [0.2, 0.25) is 5.82 Å². The maximum atomic E-state index is 13.4. The van der Waals surface area contributed by atoms with E-state index in [4.69, 9.17) is 16.7 Å². The summed E-state index contributed by atoms with van der Waals surface area (Å²) in [6.45, 7) is 9.28. The third-order valence-corrected chi connectivity index (χ3v) is 6.54. The van der Waals surface area contributed by atoms with Crippen molar-refractivity contribution in [3.63, 3.8) is 0 Å². The number of hydrogen-bond acceptors (Lipinski definition) is 4. The summed E-state index contributed by atoms with van der Waals surface area (Å²) in [7, 11) is 0. The number of aromatic nitrogens is 2. The molecule has 0 spiro atoms. The number of unbranched alkanes of at least 4 members (excludes halogenated alkanes) is 2. The van der Waals surface area contributed by atoms with Crippen molar-refractivity contribution < 1.29 is 8.91 Å². The van der Waals surface area contributed by atoms with Crippen LogP contribution in [0, 0.1) is 19.7 Å². The Hall–Kier alpha value is -3.06. The molecule has 3 aromatic rings. The molecule has 0 aliphatic carbocycles. The Kier molecular flexibility index (Phi) is 6.88. The lowest BCUT2D eigenvalue weighted by molar-refractivity contribution is 0.395. The fraction of sp³-hybridized carbons (Fsp3) is 0.346. The van der Waals surface area contributed by atoms with Gasteiger partial charge in [-0.15, -0.1) is 0 Å². The number of hydrogen-bond donors (Lipinski definition) is 1. The highest BCUT2D eigenvalue weighted by molar-refractivity contribution is 7.80. The van der Waals surface area contributed by atoms with E-state index in [0.29, 0.717) is 22.4 Å². The largest absolute Gasteiger partial charge is 0.351 e. The molecular formula is C26H29FN4OS. The van der Waals surface area contributed by atoms with E-state index in [1.807, 2.05) is 0 Å². The van der Waals surface area contributed by atoms with Gasteiger partial charge < -0.3 is 14.7 Å². The zero-order valence-corrected chi connectivity index (χ0v) is 20.3. The van der Waals surface area contributed by atoms with E-state index < -0.39 is 0 Å². The Balaban J connectivity index is 1.78. The van der Waals surface area contributed by atoms with E-state index in [2.05, 4.69) is 66.3 Å². The van der Waals surface area contributed by atoms with Crippen molar-refractivity contribution in [2.45, 2.75) is 53.0 Å². The molecule has 1 aliphatic heterocycles. The molecule has 0 fully saturated rings. The van der Waals surface area contributed by atoms with Crippen molar-refractivity contribution in [1.82, 2.24) is 20.4 Å². The van der Waals surface area contributed by atoms with Gasteiger partial charge in [0, 0.05) is 17.8 Å². The minimum atomic E-state index is -0.302. The van der Waals surface area contributed by atoms with Gasteiger partial charge in [-0.1, -0.05) is 43.1 Å². The Labute approximate surface area is 199 Å². The van der Waals surface area contributed by atoms with Gasteiger partial charge in [-0.25, -0.2) is 4.39 Å². The highest BCUT2D eigenvalue weighted by atomic mass is 32.1. The van der Waals surface area contributed by atoms with Gasteiger partial charge in [0.05, 0.1) is 11.6 Å². The molecule has 2 heterocycles. The summed E-state index contributed by atoms with van der Waals surface area (Å²) in [6.07, 6.45) is 3.32. The van der Waals surface area contributed by atoms with Gasteiger partial charge in [-0.05, 0) is 80.4 Å². The highest BCUT2D eigenvalue weighted by Gasteiger charge is 2.34. The first-order valence-electron chi connectivity index (χ1n) is 11.3. The Morgan fingerprint density at radius 1 is 1.06 bits per heavy atom. The quantitative estimate of drug-likeness (QED) is 0.325. The molecule has 2 aromatic carbocycles. The molecule has 172 valence electrons. The molecule has 0 amide bonds. The molecule has 5 nitrogen and oxygen atoms in total. The average molecular weight is 465 g/mol. The molecule has 33 heavy (non-hydrogen) atoms. The van der Waals surface area contributed by atoms with Crippen LogP contribution in [0.3, 0.4) is 0 Å². The molecular weight excluding hydrogens is 435 g/mol. The zero-order valence-electron chi connectivity index (χ0n) is 19.5. The van der Waals surface area contributed by atoms with E-state index in [0.717, 1.165) is 42.6 Å². The first-order valence-corrected chi connectivity index (χ1v) is 11.8. The van der Waals surface area contributed by atoms with Crippen LogP contribution < -0.4 is 5.32 Å². The number of allylic oxidation sites excluding steroid dienone is 1.